The largest absolute Gasteiger partial charge is 0.0764 e. The molecule has 0 saturated heterocycles. The third-order valence-corrected chi connectivity index (χ3v) is 0. The monoisotopic (exact) mass is 55.1 g/mol. The van der Waals surface area contributed by atoms with E-state index in [1.807, 2.05) is 13.8 Å². The number of hydrogen-bond donors (Lipinski definition) is 0. The first-order valence-electron chi connectivity index (χ1n) is 1.29. The second-order valence-electron chi connectivity index (χ2n) is 1.08. The predicted molar refractivity (Wildman–Crippen MR) is 19.2 cm³/mol. The van der Waals surface area contributed by atoms with Gasteiger partial charge in [-0.1, -0.05) is 12.2 Å². The van der Waals surface area contributed by atoms with Crippen LogP contribution in [0.2, 0.25) is 0 Å². The molecule has 0 heteroatoms. The van der Waals surface area contributed by atoms with E-state index in [1.54, 1.807) is 0 Å². The Bertz CT molecular complexity index is 23.0. The highest BCUT2D eigenvalue weighted by Crippen LogP contribution is 1.73. The molecule has 0 fully saturated rings. The van der Waals surface area contributed by atoms with Gasteiger partial charge in [0.15, 0.2) is 0 Å². The van der Waals surface area contributed by atoms with Crippen molar-refractivity contribution in [3.05, 3.63) is 12.2 Å². The van der Waals surface area contributed by atoms with Crippen molar-refractivity contribution in [3.63, 3.8) is 0 Å². The number of rotatable bonds is 0. The van der Waals surface area contributed by atoms with E-state index in [0.29, 0.717) is 0 Å². The third-order valence-electron chi connectivity index (χ3n) is 0. The molecule has 23 valence electrons. The Kier molecular flexibility index (Phi) is 1.03. The molecule has 4 heavy (non-hydrogen) atoms. The van der Waals surface area contributed by atoms with Crippen LogP contribution in [0.25, 0.3) is 0 Å². The van der Waals surface area contributed by atoms with Crippen LogP contribution in [-0.2, 0) is 0 Å². The number of allylic oxidation sites excluding steroid dienone is 1. The Morgan fingerprint density at radius 3 is 1.50 bits per heavy atom. The van der Waals surface area contributed by atoms with Crippen molar-refractivity contribution >= 4 is 0 Å². The van der Waals surface area contributed by atoms with Crippen LogP contribution in [0.1, 0.15) is 13.8 Å². The van der Waals surface area contributed by atoms with E-state index in [9.17, 15) is 0 Å². The normalized spacial score (nSPS) is 6.50. The van der Waals surface area contributed by atoms with Gasteiger partial charge in [-0.3, -0.25) is 0 Å². The highest BCUT2D eigenvalue weighted by atomic mass is 13.6. The summed E-state index contributed by atoms with van der Waals surface area (Å²) in [6.07, 6.45) is 0. The molecule has 0 heterocycles. The Labute approximate surface area is 27.1 Å². The number of hydrogen-bond acceptors (Lipinski definition) is 0. The maximum Gasteiger partial charge on any atom is -0.0439 e. The zero-order valence-electron chi connectivity index (χ0n) is 3.08. The van der Waals surface area contributed by atoms with Crippen LogP contribution in [-0.4, -0.2) is 0 Å². The Balaban J connectivity index is 2.80. The van der Waals surface area contributed by atoms with Gasteiger partial charge in [-0.25, -0.2) is 0 Å². The summed E-state index contributed by atoms with van der Waals surface area (Å²) >= 11 is 0. The fourth-order valence-corrected chi connectivity index (χ4v) is 0. The molecule has 0 spiro atoms. The molecule has 0 bridgehead atoms. The third kappa shape index (κ3) is 14.1. The lowest BCUT2D eigenvalue weighted by Crippen LogP contribution is -1.44. The minimum Gasteiger partial charge on any atom is -0.0764 e. The molecular weight excluding hydrogens is 48.0 g/mol. The van der Waals surface area contributed by atoms with E-state index in [-0.39, 0.29) is 0 Å². The molecule has 0 aromatic rings. The van der Waals surface area contributed by atoms with Crippen LogP contribution in [0.4, 0.5) is 0 Å². The lowest BCUT2D eigenvalue weighted by atomic mass is 10.4. The van der Waals surface area contributed by atoms with Gasteiger partial charge < -0.3 is 0 Å². The lowest BCUT2D eigenvalue weighted by Gasteiger charge is -1.64. The van der Waals surface area contributed by atoms with E-state index < -0.39 is 0 Å². The van der Waals surface area contributed by atoms with Gasteiger partial charge in [0, 0.05) is 0 Å². The first-order valence-corrected chi connectivity index (χ1v) is 1.29. The quantitative estimate of drug-likeness (QED) is 0.392. The molecule has 0 aliphatic carbocycles. The van der Waals surface area contributed by atoms with Crippen molar-refractivity contribution in [2.45, 2.75) is 13.8 Å². The lowest BCUT2D eigenvalue weighted by molar-refractivity contribution is 1.41. The maximum absolute atomic E-state index is 5.03. The molecule has 0 aromatic heterocycles. The summed E-state index contributed by atoms with van der Waals surface area (Å²) in [4.78, 5) is 0. The summed E-state index contributed by atoms with van der Waals surface area (Å²) in [5.74, 6) is 0. The molecule has 0 saturated carbocycles. The second-order valence-corrected chi connectivity index (χ2v) is 1.08. The molecule has 0 amide bonds. The average molecular weight is 55.1 g/mol. The summed E-state index contributed by atoms with van der Waals surface area (Å²) in [6.45, 7) is 8.75. The SMILES string of the molecule is [CH]=C(C)C. The molecule has 0 aliphatic rings. The summed E-state index contributed by atoms with van der Waals surface area (Å²) in [7, 11) is 0. The molecule has 0 atom stereocenters. The van der Waals surface area contributed by atoms with Gasteiger partial charge in [0.25, 0.3) is 0 Å². The fraction of sp³-hybridized carbons (Fsp3) is 0.500. The standard InChI is InChI=1S/C4H7/c1-4(2)3/h1H,2-3H3. The van der Waals surface area contributed by atoms with Crippen LogP contribution in [0, 0.1) is 6.58 Å². The van der Waals surface area contributed by atoms with Gasteiger partial charge in [-0.15, -0.1) is 0 Å². The van der Waals surface area contributed by atoms with Crippen LogP contribution < -0.4 is 0 Å². The van der Waals surface area contributed by atoms with Crippen molar-refractivity contribution in [1.82, 2.24) is 0 Å². The zero-order chi connectivity index (χ0) is 3.58. The highest BCUT2D eigenvalue weighted by molar-refractivity contribution is 4.74. The molecule has 0 unspecified atom stereocenters. The molecule has 0 rings (SSSR count). The Hall–Kier alpha value is -0.260. The van der Waals surface area contributed by atoms with Crippen LogP contribution in [0.3, 0.4) is 0 Å². The van der Waals surface area contributed by atoms with Crippen molar-refractivity contribution in [2.75, 3.05) is 0 Å². The Morgan fingerprint density at radius 1 is 1.50 bits per heavy atom. The van der Waals surface area contributed by atoms with Crippen LogP contribution >= 0.6 is 0 Å². The van der Waals surface area contributed by atoms with Gasteiger partial charge in [0.2, 0.25) is 0 Å². The average Bonchev–Trinajstić information content (AvgIpc) is 0.811. The van der Waals surface area contributed by atoms with Gasteiger partial charge >= 0.3 is 0 Å². The summed E-state index contributed by atoms with van der Waals surface area (Å²) < 4.78 is 0. The molecule has 0 aliphatic heterocycles. The summed E-state index contributed by atoms with van der Waals surface area (Å²) in [5.41, 5.74) is 0.917. The van der Waals surface area contributed by atoms with Gasteiger partial charge in [-0.2, -0.15) is 0 Å². The molecular formula is C4H7. The van der Waals surface area contributed by atoms with Gasteiger partial charge in [0.1, 0.15) is 0 Å². The fourth-order valence-electron chi connectivity index (χ4n) is 0. The van der Waals surface area contributed by atoms with E-state index in [2.05, 4.69) is 0 Å². The molecule has 0 aromatic carbocycles. The van der Waals surface area contributed by atoms with E-state index in [0.717, 1.165) is 5.57 Å². The minimum atomic E-state index is 0.917. The van der Waals surface area contributed by atoms with Gasteiger partial charge in [0.05, 0.1) is 0 Å². The van der Waals surface area contributed by atoms with Crippen molar-refractivity contribution in [2.24, 2.45) is 0 Å². The summed E-state index contributed by atoms with van der Waals surface area (Å²) in [5, 5.41) is 0. The molecule has 1 radical (unpaired) electrons. The molecule has 0 N–H and O–H groups in total. The minimum absolute atomic E-state index is 0.917. The first-order chi connectivity index (χ1) is 1.73. The zero-order valence-corrected chi connectivity index (χ0v) is 3.08. The smallest absolute Gasteiger partial charge is 0.0439 e. The topological polar surface area (TPSA) is 0 Å². The second kappa shape index (κ2) is 1.10. The van der Waals surface area contributed by atoms with E-state index >= 15 is 0 Å². The van der Waals surface area contributed by atoms with Gasteiger partial charge in [-0.05, 0) is 13.8 Å². The predicted octanol–water partition coefficient (Wildman–Crippen LogP) is 1.39. The molecule has 0 nitrogen and oxygen atoms in total. The Morgan fingerprint density at radius 2 is 1.50 bits per heavy atom. The first kappa shape index (κ1) is 3.74. The van der Waals surface area contributed by atoms with Crippen LogP contribution in [0.15, 0.2) is 5.57 Å². The van der Waals surface area contributed by atoms with Crippen molar-refractivity contribution in [3.8, 4) is 0 Å². The van der Waals surface area contributed by atoms with E-state index in [1.165, 1.54) is 0 Å². The highest BCUT2D eigenvalue weighted by Gasteiger charge is 1.52. The van der Waals surface area contributed by atoms with Crippen LogP contribution in [0.5, 0.6) is 0 Å². The van der Waals surface area contributed by atoms with Crippen molar-refractivity contribution < 1.29 is 0 Å². The maximum atomic E-state index is 5.03. The van der Waals surface area contributed by atoms with E-state index in [4.69, 9.17) is 6.58 Å². The summed E-state index contributed by atoms with van der Waals surface area (Å²) in [6, 6.07) is 0. The van der Waals surface area contributed by atoms with Crippen molar-refractivity contribution in [1.29, 1.82) is 0 Å².